The van der Waals surface area contributed by atoms with Gasteiger partial charge in [0.25, 0.3) is 0 Å². The minimum Gasteiger partial charge on any atom is -0.512 e. The highest BCUT2D eigenvalue weighted by Gasteiger charge is 2.53. The van der Waals surface area contributed by atoms with E-state index < -0.39 is 5.54 Å². The van der Waals surface area contributed by atoms with Crippen LogP contribution in [-0.4, -0.2) is 27.5 Å². The molecule has 2 aliphatic rings. The normalized spacial score (nSPS) is 26.8. The number of nitrogens with one attached hydrogen (secondary N) is 1. The monoisotopic (exact) mass is 325 g/mol. The lowest BCUT2D eigenvalue weighted by Crippen LogP contribution is -2.54. The van der Waals surface area contributed by atoms with Crippen LogP contribution in [0.4, 0.5) is 5.69 Å². The molecule has 2 N–H and O–H groups in total. The number of rotatable bonds is 3. The standard InChI is InChI=1S/C18H19N3OS/c1-3-23-16-10-13(22)9-15-14(11-19)17(20)21(18(15,16)2)12-7-5-4-6-8-12/h4-9,16,20,22H,3,10H2,1-2H3/t16-,18+/m1/s1. The van der Waals surface area contributed by atoms with Crippen molar-refractivity contribution in [3.8, 4) is 6.07 Å². The summed E-state index contributed by atoms with van der Waals surface area (Å²) < 4.78 is 0. The lowest BCUT2D eigenvalue weighted by molar-refractivity contribution is 0.356. The number of para-hydroxylation sites is 1. The molecular weight excluding hydrogens is 306 g/mol. The lowest BCUT2D eigenvalue weighted by atomic mass is 9.81. The topological polar surface area (TPSA) is 71.1 Å². The van der Waals surface area contributed by atoms with Crippen molar-refractivity contribution >= 4 is 23.3 Å². The first kappa shape index (κ1) is 15.7. The number of fused-ring (bicyclic) bond motifs is 1. The fourth-order valence-corrected chi connectivity index (χ4v) is 4.75. The number of anilines is 1. The number of thioether (sulfide) groups is 1. The maximum absolute atomic E-state index is 10.1. The summed E-state index contributed by atoms with van der Waals surface area (Å²) in [5.41, 5.74) is 1.50. The van der Waals surface area contributed by atoms with Gasteiger partial charge >= 0.3 is 0 Å². The van der Waals surface area contributed by atoms with E-state index in [1.54, 1.807) is 17.8 Å². The van der Waals surface area contributed by atoms with Crippen LogP contribution in [-0.2, 0) is 0 Å². The maximum atomic E-state index is 10.1. The lowest BCUT2D eigenvalue weighted by Gasteiger charge is -2.45. The number of aliphatic hydroxyl groups is 1. The Morgan fingerprint density at radius 2 is 2.13 bits per heavy atom. The van der Waals surface area contributed by atoms with Gasteiger partial charge in [0.1, 0.15) is 17.5 Å². The SMILES string of the molecule is CCS[C@@H]1CC(O)=CC2=C(C#N)C(=N)N(c3ccccc3)[C@@]21C. The molecule has 0 saturated heterocycles. The van der Waals surface area contributed by atoms with E-state index in [1.807, 2.05) is 35.2 Å². The zero-order chi connectivity index (χ0) is 16.6. The van der Waals surface area contributed by atoms with Crippen LogP contribution in [0, 0.1) is 16.7 Å². The van der Waals surface area contributed by atoms with Crippen molar-refractivity contribution < 1.29 is 5.11 Å². The molecule has 0 amide bonds. The van der Waals surface area contributed by atoms with Gasteiger partial charge in [-0.2, -0.15) is 17.0 Å². The third-order valence-electron chi connectivity index (χ3n) is 4.57. The molecule has 0 aromatic heterocycles. The Bertz CT molecular complexity index is 747. The number of allylic oxidation sites excluding steroid dienone is 1. The zero-order valence-corrected chi connectivity index (χ0v) is 14.0. The molecular formula is C18H19N3OS. The number of hydrogen-bond acceptors (Lipinski definition) is 4. The third-order valence-corrected chi connectivity index (χ3v) is 5.93. The van der Waals surface area contributed by atoms with Crippen LogP contribution in [0.2, 0.25) is 0 Å². The van der Waals surface area contributed by atoms with E-state index in [4.69, 9.17) is 5.41 Å². The number of nitriles is 1. The summed E-state index contributed by atoms with van der Waals surface area (Å²) in [6.45, 7) is 4.16. The van der Waals surface area contributed by atoms with Gasteiger partial charge in [-0.25, -0.2) is 0 Å². The Kier molecular flexibility index (Phi) is 3.95. The average molecular weight is 325 g/mol. The van der Waals surface area contributed by atoms with Crippen LogP contribution in [0.3, 0.4) is 0 Å². The summed E-state index contributed by atoms with van der Waals surface area (Å²) in [7, 11) is 0. The van der Waals surface area contributed by atoms with Crippen molar-refractivity contribution in [3.05, 3.63) is 53.3 Å². The van der Waals surface area contributed by atoms with E-state index in [-0.39, 0.29) is 11.1 Å². The first-order chi connectivity index (χ1) is 11.0. The Balaban J connectivity index is 2.22. The predicted octanol–water partition coefficient (Wildman–Crippen LogP) is 4.03. The Morgan fingerprint density at radius 1 is 1.43 bits per heavy atom. The van der Waals surface area contributed by atoms with Gasteiger partial charge in [0.2, 0.25) is 0 Å². The highest BCUT2D eigenvalue weighted by Crippen LogP contribution is 2.49. The van der Waals surface area contributed by atoms with E-state index in [0.29, 0.717) is 17.8 Å². The molecule has 2 atom stereocenters. The van der Waals surface area contributed by atoms with Crippen LogP contribution in [0.1, 0.15) is 20.3 Å². The van der Waals surface area contributed by atoms with Gasteiger partial charge in [-0.15, -0.1) is 0 Å². The second-order valence-corrected chi connectivity index (χ2v) is 7.33. The summed E-state index contributed by atoms with van der Waals surface area (Å²) in [6.07, 6.45) is 2.23. The molecule has 0 unspecified atom stereocenters. The average Bonchev–Trinajstić information content (AvgIpc) is 2.76. The van der Waals surface area contributed by atoms with Crippen molar-refractivity contribution in [1.82, 2.24) is 0 Å². The van der Waals surface area contributed by atoms with Crippen molar-refractivity contribution in [1.29, 1.82) is 10.7 Å². The van der Waals surface area contributed by atoms with Crippen molar-refractivity contribution in [2.75, 3.05) is 10.7 Å². The van der Waals surface area contributed by atoms with Crippen molar-refractivity contribution in [3.63, 3.8) is 0 Å². The van der Waals surface area contributed by atoms with E-state index in [0.717, 1.165) is 17.0 Å². The van der Waals surface area contributed by atoms with Gasteiger partial charge in [0.05, 0.1) is 11.3 Å². The molecule has 0 saturated carbocycles. The minimum absolute atomic E-state index is 0.0823. The van der Waals surface area contributed by atoms with E-state index in [9.17, 15) is 10.4 Å². The van der Waals surface area contributed by atoms with Crippen LogP contribution in [0.15, 0.2) is 53.3 Å². The number of nitrogens with zero attached hydrogens (tertiary/aromatic N) is 2. The second-order valence-electron chi connectivity index (χ2n) is 5.85. The van der Waals surface area contributed by atoms with Crippen LogP contribution in [0.25, 0.3) is 0 Å². The largest absolute Gasteiger partial charge is 0.512 e. The summed E-state index contributed by atoms with van der Waals surface area (Å²) in [4.78, 5) is 1.94. The maximum Gasteiger partial charge on any atom is 0.144 e. The summed E-state index contributed by atoms with van der Waals surface area (Å²) >= 11 is 1.76. The van der Waals surface area contributed by atoms with Gasteiger partial charge in [-0.1, -0.05) is 25.1 Å². The van der Waals surface area contributed by atoms with Crippen LogP contribution in [0.5, 0.6) is 0 Å². The molecule has 1 aliphatic carbocycles. The number of benzene rings is 1. The van der Waals surface area contributed by atoms with Crippen molar-refractivity contribution in [2.24, 2.45) is 0 Å². The molecule has 23 heavy (non-hydrogen) atoms. The Hall–Kier alpha value is -2.19. The zero-order valence-electron chi connectivity index (χ0n) is 13.2. The van der Waals surface area contributed by atoms with E-state index >= 15 is 0 Å². The molecule has 1 aliphatic heterocycles. The molecule has 0 bridgehead atoms. The minimum atomic E-state index is -0.504. The molecule has 1 heterocycles. The molecule has 1 aromatic rings. The Morgan fingerprint density at radius 3 is 2.74 bits per heavy atom. The van der Waals surface area contributed by atoms with Gasteiger partial charge in [-0.3, -0.25) is 5.41 Å². The first-order valence-electron chi connectivity index (χ1n) is 7.64. The fourth-order valence-electron chi connectivity index (χ4n) is 3.50. The summed E-state index contributed by atoms with van der Waals surface area (Å²) in [5, 5.41) is 28.3. The van der Waals surface area contributed by atoms with Gasteiger partial charge < -0.3 is 10.0 Å². The second kappa shape index (κ2) is 5.78. The first-order valence-corrected chi connectivity index (χ1v) is 8.69. The summed E-state index contributed by atoms with van der Waals surface area (Å²) in [6, 6.07) is 11.9. The molecule has 118 valence electrons. The smallest absolute Gasteiger partial charge is 0.144 e. The van der Waals surface area contributed by atoms with E-state index in [2.05, 4.69) is 19.9 Å². The van der Waals surface area contributed by atoms with E-state index in [1.165, 1.54) is 0 Å². The highest BCUT2D eigenvalue weighted by atomic mass is 32.2. The number of amidine groups is 1. The molecule has 0 fully saturated rings. The molecule has 5 heteroatoms. The number of hydrogen-bond donors (Lipinski definition) is 2. The van der Waals surface area contributed by atoms with Gasteiger partial charge in [-0.05, 0) is 30.9 Å². The number of aliphatic hydroxyl groups excluding tert-OH is 1. The van der Waals surface area contributed by atoms with Gasteiger partial charge in [0.15, 0.2) is 0 Å². The molecule has 3 rings (SSSR count). The molecule has 0 radical (unpaired) electrons. The Labute approximate surface area is 140 Å². The third kappa shape index (κ3) is 2.25. The fraction of sp³-hybridized carbons (Fsp3) is 0.333. The highest BCUT2D eigenvalue weighted by molar-refractivity contribution is 8.00. The van der Waals surface area contributed by atoms with Gasteiger partial charge in [0, 0.05) is 22.9 Å². The predicted molar refractivity (Wildman–Crippen MR) is 94.9 cm³/mol. The van der Waals surface area contributed by atoms with Crippen molar-refractivity contribution in [2.45, 2.75) is 31.1 Å². The molecule has 1 aromatic carbocycles. The molecule has 4 nitrogen and oxygen atoms in total. The quantitative estimate of drug-likeness (QED) is 0.880. The summed E-state index contributed by atoms with van der Waals surface area (Å²) in [5.74, 6) is 1.42. The molecule has 0 spiro atoms. The van der Waals surface area contributed by atoms with Crippen LogP contribution < -0.4 is 4.90 Å². The van der Waals surface area contributed by atoms with Crippen LogP contribution >= 0.6 is 11.8 Å².